The molecule has 0 aromatic rings. The second-order valence-corrected chi connectivity index (χ2v) is 4.58. The van der Waals surface area contributed by atoms with Crippen molar-refractivity contribution in [1.29, 1.82) is 0 Å². The van der Waals surface area contributed by atoms with Gasteiger partial charge in [0.15, 0.2) is 0 Å². The Hall–Kier alpha value is -1.17. The molecule has 0 aromatic carbocycles. The van der Waals surface area contributed by atoms with E-state index in [1.807, 2.05) is 18.7 Å². The third-order valence-corrected chi connectivity index (χ3v) is 2.93. The highest BCUT2D eigenvalue weighted by Gasteiger charge is 2.35. The molecule has 15 heavy (non-hydrogen) atoms. The molecule has 84 valence electrons. The first-order valence-electron chi connectivity index (χ1n) is 5.54. The average Bonchev–Trinajstić information content (AvgIpc) is 2.86. The third kappa shape index (κ3) is 3.47. The van der Waals surface area contributed by atoms with Gasteiger partial charge in [0.05, 0.1) is 6.54 Å². The quantitative estimate of drug-likeness (QED) is 0.701. The Balaban J connectivity index is 2.42. The van der Waals surface area contributed by atoms with E-state index in [0.717, 1.165) is 12.5 Å². The maximum atomic E-state index is 11.7. The Morgan fingerprint density at radius 3 is 2.67 bits per heavy atom. The lowest BCUT2D eigenvalue weighted by atomic mass is 10.2. The minimum Gasteiger partial charge on any atom is -0.327 e. The van der Waals surface area contributed by atoms with Crippen LogP contribution in [0.2, 0.25) is 0 Å². The van der Waals surface area contributed by atoms with Crippen molar-refractivity contribution in [2.45, 2.75) is 33.2 Å². The molecule has 3 heteroatoms. The minimum absolute atomic E-state index is 0.0398. The standard InChI is InChI=1S/C12H20N2O/c1-5-6-13-12(15)14(9(2)3)8-11-7-10(11)4/h1,9-11H,6-8H2,2-4H3,(H,13,15)/t10-,11-/m0/s1. The molecule has 1 rings (SSSR count). The second kappa shape index (κ2) is 5.06. The number of carbonyl (C=O) groups is 1. The number of carbonyl (C=O) groups excluding carboxylic acids is 1. The van der Waals surface area contributed by atoms with Crippen LogP contribution in [0, 0.1) is 24.2 Å². The fourth-order valence-corrected chi connectivity index (χ4v) is 1.66. The molecule has 0 radical (unpaired) electrons. The molecule has 0 unspecified atom stereocenters. The van der Waals surface area contributed by atoms with Crippen LogP contribution in [0.4, 0.5) is 4.79 Å². The number of hydrogen-bond donors (Lipinski definition) is 1. The fraction of sp³-hybridized carbons (Fsp3) is 0.750. The van der Waals surface area contributed by atoms with Gasteiger partial charge in [-0.15, -0.1) is 6.42 Å². The lowest BCUT2D eigenvalue weighted by Gasteiger charge is -2.26. The fourth-order valence-electron chi connectivity index (χ4n) is 1.66. The van der Waals surface area contributed by atoms with Gasteiger partial charge >= 0.3 is 6.03 Å². The van der Waals surface area contributed by atoms with E-state index < -0.39 is 0 Å². The van der Waals surface area contributed by atoms with Gasteiger partial charge in [-0.2, -0.15) is 0 Å². The average molecular weight is 208 g/mol. The first kappa shape index (κ1) is 11.9. The van der Waals surface area contributed by atoms with Crippen LogP contribution in [-0.2, 0) is 0 Å². The van der Waals surface area contributed by atoms with E-state index in [1.165, 1.54) is 6.42 Å². The van der Waals surface area contributed by atoms with Gasteiger partial charge in [-0.25, -0.2) is 4.79 Å². The summed E-state index contributed by atoms with van der Waals surface area (Å²) in [5.41, 5.74) is 0. The molecule has 2 amide bonds. The molecule has 1 fully saturated rings. The highest BCUT2D eigenvalue weighted by Crippen LogP contribution is 2.38. The van der Waals surface area contributed by atoms with Crippen molar-refractivity contribution in [3.8, 4) is 12.3 Å². The monoisotopic (exact) mass is 208 g/mol. The van der Waals surface area contributed by atoms with Crippen LogP contribution in [-0.4, -0.2) is 30.1 Å². The Bertz CT molecular complexity index is 267. The summed E-state index contributed by atoms with van der Waals surface area (Å²) < 4.78 is 0. The molecule has 0 aliphatic heterocycles. The normalized spacial score (nSPS) is 23.4. The highest BCUT2D eigenvalue weighted by atomic mass is 16.2. The van der Waals surface area contributed by atoms with Gasteiger partial charge in [-0.1, -0.05) is 12.8 Å². The molecular formula is C12H20N2O. The van der Waals surface area contributed by atoms with Crippen molar-refractivity contribution in [2.24, 2.45) is 11.8 Å². The molecule has 1 aliphatic rings. The highest BCUT2D eigenvalue weighted by molar-refractivity contribution is 5.74. The molecule has 1 saturated carbocycles. The van der Waals surface area contributed by atoms with Crippen LogP contribution in [0.15, 0.2) is 0 Å². The van der Waals surface area contributed by atoms with E-state index in [4.69, 9.17) is 6.42 Å². The zero-order chi connectivity index (χ0) is 11.4. The number of nitrogens with zero attached hydrogens (tertiary/aromatic N) is 1. The van der Waals surface area contributed by atoms with Crippen molar-refractivity contribution in [2.75, 3.05) is 13.1 Å². The van der Waals surface area contributed by atoms with Gasteiger partial charge in [-0.3, -0.25) is 0 Å². The molecule has 2 atom stereocenters. The van der Waals surface area contributed by atoms with Crippen molar-refractivity contribution in [3.63, 3.8) is 0 Å². The summed E-state index contributed by atoms with van der Waals surface area (Å²) in [4.78, 5) is 13.6. The van der Waals surface area contributed by atoms with E-state index in [1.54, 1.807) is 0 Å². The van der Waals surface area contributed by atoms with Crippen molar-refractivity contribution < 1.29 is 4.79 Å². The van der Waals surface area contributed by atoms with E-state index in [-0.39, 0.29) is 12.1 Å². The van der Waals surface area contributed by atoms with Crippen molar-refractivity contribution in [1.82, 2.24) is 10.2 Å². The summed E-state index contributed by atoms with van der Waals surface area (Å²) in [5.74, 6) is 3.87. The van der Waals surface area contributed by atoms with Gasteiger partial charge < -0.3 is 10.2 Å². The molecule has 0 aromatic heterocycles. The molecule has 3 nitrogen and oxygen atoms in total. The Morgan fingerprint density at radius 2 is 2.27 bits per heavy atom. The molecule has 0 spiro atoms. The molecule has 0 bridgehead atoms. The van der Waals surface area contributed by atoms with Crippen LogP contribution in [0.1, 0.15) is 27.2 Å². The summed E-state index contributed by atoms with van der Waals surface area (Å²) >= 11 is 0. The molecule has 0 heterocycles. The molecule has 1 aliphatic carbocycles. The van der Waals surface area contributed by atoms with E-state index in [9.17, 15) is 4.79 Å². The number of amides is 2. The number of terminal acetylenes is 1. The van der Waals surface area contributed by atoms with E-state index >= 15 is 0 Å². The number of nitrogens with one attached hydrogen (secondary N) is 1. The predicted octanol–water partition coefficient (Wildman–Crippen LogP) is 1.70. The summed E-state index contributed by atoms with van der Waals surface area (Å²) in [6, 6.07) is 0.192. The maximum absolute atomic E-state index is 11.7. The minimum atomic E-state index is -0.0398. The van der Waals surface area contributed by atoms with E-state index in [2.05, 4.69) is 18.2 Å². The topological polar surface area (TPSA) is 32.3 Å². The third-order valence-electron chi connectivity index (χ3n) is 2.93. The lowest BCUT2D eigenvalue weighted by Crippen LogP contribution is -2.45. The van der Waals surface area contributed by atoms with Gasteiger partial charge in [-0.05, 0) is 32.1 Å². The molecular weight excluding hydrogens is 188 g/mol. The van der Waals surface area contributed by atoms with Gasteiger partial charge in [0.1, 0.15) is 0 Å². The van der Waals surface area contributed by atoms with Crippen LogP contribution in [0.3, 0.4) is 0 Å². The molecule has 1 N–H and O–H groups in total. The second-order valence-electron chi connectivity index (χ2n) is 4.58. The van der Waals surface area contributed by atoms with Crippen LogP contribution in [0.25, 0.3) is 0 Å². The van der Waals surface area contributed by atoms with Crippen LogP contribution in [0.5, 0.6) is 0 Å². The first-order chi connectivity index (χ1) is 7.06. The number of hydrogen-bond acceptors (Lipinski definition) is 1. The Morgan fingerprint density at radius 1 is 1.67 bits per heavy atom. The van der Waals surface area contributed by atoms with Crippen LogP contribution < -0.4 is 5.32 Å². The summed E-state index contributed by atoms with van der Waals surface area (Å²) in [6.07, 6.45) is 6.35. The zero-order valence-corrected chi connectivity index (χ0v) is 9.79. The predicted molar refractivity (Wildman–Crippen MR) is 61.3 cm³/mol. The summed E-state index contributed by atoms with van der Waals surface area (Å²) in [6.45, 7) is 7.45. The number of urea groups is 1. The van der Waals surface area contributed by atoms with Gasteiger partial charge in [0.2, 0.25) is 0 Å². The molecule has 0 saturated heterocycles. The largest absolute Gasteiger partial charge is 0.327 e. The van der Waals surface area contributed by atoms with Gasteiger partial charge in [0.25, 0.3) is 0 Å². The maximum Gasteiger partial charge on any atom is 0.318 e. The smallest absolute Gasteiger partial charge is 0.318 e. The van der Waals surface area contributed by atoms with Crippen LogP contribution >= 0.6 is 0 Å². The summed E-state index contributed by atoms with van der Waals surface area (Å²) in [7, 11) is 0. The summed E-state index contributed by atoms with van der Waals surface area (Å²) in [5, 5.41) is 2.71. The van der Waals surface area contributed by atoms with Gasteiger partial charge in [0, 0.05) is 12.6 Å². The van der Waals surface area contributed by atoms with Crippen molar-refractivity contribution >= 4 is 6.03 Å². The number of rotatable bonds is 4. The SMILES string of the molecule is C#CCNC(=O)N(C[C@@H]1C[C@@H]1C)C(C)C. The zero-order valence-electron chi connectivity index (χ0n) is 9.79. The Kier molecular flexibility index (Phi) is 4.02. The van der Waals surface area contributed by atoms with Crippen molar-refractivity contribution in [3.05, 3.63) is 0 Å². The van der Waals surface area contributed by atoms with E-state index in [0.29, 0.717) is 12.5 Å². The lowest BCUT2D eigenvalue weighted by molar-refractivity contribution is 0.180. The Labute approximate surface area is 92.2 Å². The first-order valence-corrected chi connectivity index (χ1v) is 5.54.